The van der Waals surface area contributed by atoms with Gasteiger partial charge in [-0.05, 0) is 24.6 Å². The van der Waals surface area contributed by atoms with E-state index in [-0.39, 0.29) is 24.1 Å². The number of para-hydroxylation sites is 1. The van der Waals surface area contributed by atoms with Gasteiger partial charge in [0.2, 0.25) is 5.91 Å². The molecule has 0 bridgehead atoms. The fourth-order valence-electron chi connectivity index (χ4n) is 3.35. The third kappa shape index (κ3) is 3.97. The van der Waals surface area contributed by atoms with E-state index < -0.39 is 0 Å². The molecule has 0 unspecified atom stereocenters. The highest BCUT2D eigenvalue weighted by atomic mass is 32.1. The zero-order valence-corrected chi connectivity index (χ0v) is 17.5. The van der Waals surface area contributed by atoms with Gasteiger partial charge in [0.15, 0.2) is 0 Å². The number of carbonyl (C=O) groups is 1. The number of carbonyl (C=O) groups excluding carboxylic acids is 1. The van der Waals surface area contributed by atoms with Crippen molar-refractivity contribution in [2.24, 2.45) is 0 Å². The Balaban J connectivity index is 1.54. The Morgan fingerprint density at radius 1 is 1.17 bits per heavy atom. The van der Waals surface area contributed by atoms with E-state index in [2.05, 4.69) is 10.3 Å². The number of nitrogens with zero attached hydrogens (tertiary/aromatic N) is 2. The molecule has 7 heteroatoms. The Labute approximate surface area is 177 Å². The second kappa shape index (κ2) is 8.51. The second-order valence-corrected chi connectivity index (χ2v) is 7.95. The van der Waals surface area contributed by atoms with E-state index in [1.165, 1.54) is 22.2 Å². The molecule has 1 N–H and O–H groups in total. The van der Waals surface area contributed by atoms with Gasteiger partial charge in [-0.3, -0.25) is 14.2 Å². The lowest BCUT2D eigenvalue weighted by Crippen LogP contribution is -2.33. The summed E-state index contributed by atoms with van der Waals surface area (Å²) in [7, 11) is 1.60. The van der Waals surface area contributed by atoms with Crippen molar-refractivity contribution in [3.05, 3.63) is 82.9 Å². The molecule has 0 fully saturated rings. The predicted molar refractivity (Wildman–Crippen MR) is 119 cm³/mol. The maximum absolute atomic E-state index is 12.9. The molecule has 30 heavy (non-hydrogen) atoms. The van der Waals surface area contributed by atoms with Gasteiger partial charge in [0, 0.05) is 10.4 Å². The summed E-state index contributed by atoms with van der Waals surface area (Å²) in [4.78, 5) is 30.8. The van der Waals surface area contributed by atoms with Crippen molar-refractivity contribution >= 4 is 27.5 Å². The molecule has 6 nitrogen and oxygen atoms in total. The molecule has 0 aliphatic heterocycles. The Morgan fingerprint density at radius 3 is 2.67 bits per heavy atom. The molecule has 1 atom stereocenters. The number of aromatic nitrogens is 2. The number of methoxy groups -OCH3 is 1. The smallest absolute Gasteiger partial charge is 0.271 e. The van der Waals surface area contributed by atoms with Gasteiger partial charge < -0.3 is 10.1 Å². The topological polar surface area (TPSA) is 73.2 Å². The summed E-state index contributed by atoms with van der Waals surface area (Å²) in [6.45, 7) is 1.78. The van der Waals surface area contributed by atoms with Crippen LogP contribution in [0.4, 0.5) is 0 Å². The number of benzene rings is 2. The first kappa shape index (κ1) is 19.8. The first-order valence-corrected chi connectivity index (χ1v) is 10.3. The molecule has 2 aromatic carbocycles. The fraction of sp³-hybridized carbons (Fsp3) is 0.174. The van der Waals surface area contributed by atoms with Gasteiger partial charge in [-0.25, -0.2) is 4.98 Å². The third-order valence-electron chi connectivity index (χ3n) is 4.86. The maximum Gasteiger partial charge on any atom is 0.271 e. The molecule has 1 amide bonds. The fourth-order valence-corrected chi connectivity index (χ4v) is 4.41. The molecular weight excluding hydrogens is 398 g/mol. The van der Waals surface area contributed by atoms with Crippen molar-refractivity contribution in [3.8, 4) is 16.2 Å². The Morgan fingerprint density at radius 2 is 1.90 bits per heavy atom. The van der Waals surface area contributed by atoms with Crippen LogP contribution in [0.5, 0.6) is 5.75 Å². The van der Waals surface area contributed by atoms with Crippen LogP contribution in [0.2, 0.25) is 0 Å². The Hall–Kier alpha value is -3.45. The minimum absolute atomic E-state index is 0.0974. The first-order chi connectivity index (χ1) is 14.6. The van der Waals surface area contributed by atoms with E-state index in [1.807, 2.05) is 67.6 Å². The van der Waals surface area contributed by atoms with Crippen molar-refractivity contribution in [2.45, 2.75) is 19.5 Å². The van der Waals surface area contributed by atoms with Gasteiger partial charge in [0.1, 0.15) is 17.0 Å². The van der Waals surface area contributed by atoms with Crippen LogP contribution in [0, 0.1) is 0 Å². The van der Waals surface area contributed by atoms with E-state index in [0.717, 1.165) is 16.0 Å². The van der Waals surface area contributed by atoms with Gasteiger partial charge in [-0.1, -0.05) is 48.5 Å². The minimum atomic E-state index is -0.267. The number of hydrogen-bond acceptors (Lipinski definition) is 5. The summed E-state index contributed by atoms with van der Waals surface area (Å²) in [5.74, 6) is 0.439. The zero-order valence-electron chi connectivity index (χ0n) is 16.7. The quantitative estimate of drug-likeness (QED) is 0.512. The van der Waals surface area contributed by atoms with Crippen LogP contribution < -0.4 is 15.6 Å². The van der Waals surface area contributed by atoms with E-state index in [0.29, 0.717) is 16.0 Å². The van der Waals surface area contributed by atoms with Crippen LogP contribution in [0.25, 0.3) is 20.7 Å². The SMILES string of the molecule is COc1ccccc1[C@@H](C)NC(=O)Cn1cnc2cc(-c3ccccc3)sc2c1=O. The molecule has 0 aliphatic carbocycles. The van der Waals surface area contributed by atoms with Gasteiger partial charge in [-0.15, -0.1) is 11.3 Å². The molecule has 0 saturated heterocycles. The second-order valence-electron chi connectivity index (χ2n) is 6.90. The molecular formula is C23H21N3O3S. The number of amides is 1. The van der Waals surface area contributed by atoms with Crippen LogP contribution in [-0.2, 0) is 11.3 Å². The lowest BCUT2D eigenvalue weighted by atomic mass is 10.1. The largest absolute Gasteiger partial charge is 0.496 e. The molecule has 0 aliphatic rings. The highest BCUT2D eigenvalue weighted by molar-refractivity contribution is 7.22. The van der Waals surface area contributed by atoms with Gasteiger partial charge in [-0.2, -0.15) is 0 Å². The number of hydrogen-bond donors (Lipinski definition) is 1. The van der Waals surface area contributed by atoms with Crippen molar-refractivity contribution in [3.63, 3.8) is 0 Å². The average molecular weight is 420 g/mol. The minimum Gasteiger partial charge on any atom is -0.496 e. The summed E-state index contributed by atoms with van der Waals surface area (Å²) in [6.07, 6.45) is 1.43. The maximum atomic E-state index is 12.9. The highest BCUT2D eigenvalue weighted by Crippen LogP contribution is 2.30. The van der Waals surface area contributed by atoms with Crippen LogP contribution in [0.15, 0.2) is 71.8 Å². The first-order valence-electron chi connectivity index (χ1n) is 9.53. The van der Waals surface area contributed by atoms with Gasteiger partial charge in [0.25, 0.3) is 5.56 Å². The van der Waals surface area contributed by atoms with E-state index in [9.17, 15) is 9.59 Å². The number of fused-ring (bicyclic) bond motifs is 1. The van der Waals surface area contributed by atoms with E-state index in [1.54, 1.807) is 7.11 Å². The van der Waals surface area contributed by atoms with Crippen molar-refractivity contribution < 1.29 is 9.53 Å². The normalized spacial score (nSPS) is 11.9. The molecule has 0 saturated carbocycles. The van der Waals surface area contributed by atoms with E-state index >= 15 is 0 Å². The lowest BCUT2D eigenvalue weighted by molar-refractivity contribution is -0.122. The predicted octanol–water partition coefficient (Wildman–Crippen LogP) is 4.01. The number of nitrogens with one attached hydrogen (secondary N) is 1. The molecule has 152 valence electrons. The van der Waals surface area contributed by atoms with Crippen molar-refractivity contribution in [1.82, 2.24) is 14.9 Å². The molecule has 2 aromatic heterocycles. The molecule has 0 radical (unpaired) electrons. The summed E-state index contributed by atoms with van der Waals surface area (Å²) < 4.78 is 7.25. The zero-order chi connectivity index (χ0) is 21.1. The summed E-state index contributed by atoms with van der Waals surface area (Å²) in [5.41, 5.74) is 2.34. The van der Waals surface area contributed by atoms with Gasteiger partial charge in [0.05, 0.1) is 25.0 Å². The van der Waals surface area contributed by atoms with Crippen LogP contribution >= 0.6 is 11.3 Å². The van der Waals surface area contributed by atoms with Crippen molar-refractivity contribution in [1.29, 1.82) is 0 Å². The summed E-state index contributed by atoms with van der Waals surface area (Å²) in [5, 5.41) is 2.92. The number of rotatable bonds is 6. The monoisotopic (exact) mass is 419 g/mol. The number of ether oxygens (including phenoxy) is 1. The Bertz CT molecular complexity index is 1250. The average Bonchev–Trinajstić information content (AvgIpc) is 3.21. The van der Waals surface area contributed by atoms with Crippen LogP contribution in [0.1, 0.15) is 18.5 Å². The number of thiophene rings is 1. The standard InChI is InChI=1S/C23H21N3O3S/c1-15(17-10-6-7-11-19(17)29-2)25-21(27)13-26-14-24-18-12-20(30-22(18)23(26)28)16-8-4-3-5-9-16/h3-12,14-15H,13H2,1-2H3,(H,25,27)/t15-/m1/s1. The molecule has 0 spiro atoms. The summed E-state index contributed by atoms with van der Waals surface area (Å²) >= 11 is 1.39. The Kier molecular flexibility index (Phi) is 5.63. The molecule has 4 rings (SSSR count). The van der Waals surface area contributed by atoms with Crippen LogP contribution in [0.3, 0.4) is 0 Å². The summed E-state index contributed by atoms with van der Waals surface area (Å²) in [6, 6.07) is 19.0. The molecule has 2 heterocycles. The third-order valence-corrected chi connectivity index (χ3v) is 6.02. The van der Waals surface area contributed by atoms with Crippen molar-refractivity contribution in [2.75, 3.05) is 7.11 Å². The van der Waals surface area contributed by atoms with Gasteiger partial charge >= 0.3 is 0 Å². The molecule has 4 aromatic rings. The lowest BCUT2D eigenvalue weighted by Gasteiger charge is -2.17. The van der Waals surface area contributed by atoms with Crippen LogP contribution in [-0.4, -0.2) is 22.6 Å². The highest BCUT2D eigenvalue weighted by Gasteiger charge is 2.16. The van der Waals surface area contributed by atoms with E-state index in [4.69, 9.17) is 4.74 Å².